The summed E-state index contributed by atoms with van der Waals surface area (Å²) >= 11 is 0. The van der Waals surface area contributed by atoms with E-state index in [1.165, 1.54) is 16.4 Å². The third kappa shape index (κ3) is 4.57. The van der Waals surface area contributed by atoms with Gasteiger partial charge in [-0.15, -0.1) is 0 Å². The minimum absolute atomic E-state index is 0.0874. The second-order valence-electron chi connectivity index (χ2n) is 5.40. The Morgan fingerprint density at radius 2 is 1.77 bits per heavy atom. The summed E-state index contributed by atoms with van der Waals surface area (Å²) in [5, 5.41) is 11.3. The lowest BCUT2D eigenvalue weighted by atomic mass is 10.2. The van der Waals surface area contributed by atoms with Crippen LogP contribution in [-0.2, 0) is 21.5 Å². The predicted octanol–water partition coefficient (Wildman–Crippen LogP) is 3.17. The zero-order valence-electron chi connectivity index (χ0n) is 14.6. The highest BCUT2D eigenvalue weighted by molar-refractivity contribution is 7.89. The van der Waals surface area contributed by atoms with Gasteiger partial charge in [-0.2, -0.15) is 4.31 Å². The molecular weight excluding hydrogens is 358 g/mol. The SMILES string of the molecule is CCN(CC)S(=O)(=O)c1ccc(NOCc2ccccc2)c([N+](=O)[O-])c1. The zero-order valence-corrected chi connectivity index (χ0v) is 15.4. The van der Waals surface area contributed by atoms with Crippen LogP contribution in [0.2, 0.25) is 0 Å². The van der Waals surface area contributed by atoms with Crippen molar-refractivity contribution in [2.24, 2.45) is 0 Å². The first-order valence-corrected chi connectivity index (χ1v) is 9.54. The van der Waals surface area contributed by atoms with Gasteiger partial charge in [0.1, 0.15) is 5.69 Å². The Morgan fingerprint density at radius 3 is 2.35 bits per heavy atom. The molecule has 0 unspecified atom stereocenters. The molecule has 2 aromatic carbocycles. The molecule has 9 heteroatoms. The lowest BCUT2D eigenvalue weighted by Crippen LogP contribution is -2.30. The van der Waals surface area contributed by atoms with Crippen molar-refractivity contribution in [1.82, 2.24) is 4.31 Å². The van der Waals surface area contributed by atoms with Crippen molar-refractivity contribution in [1.29, 1.82) is 0 Å². The van der Waals surface area contributed by atoms with Crippen LogP contribution in [0.5, 0.6) is 0 Å². The van der Waals surface area contributed by atoms with E-state index < -0.39 is 14.9 Å². The summed E-state index contributed by atoms with van der Waals surface area (Å²) in [5.74, 6) is 0. The lowest BCUT2D eigenvalue weighted by molar-refractivity contribution is -0.384. The second kappa shape index (κ2) is 8.75. The molecule has 0 atom stereocenters. The van der Waals surface area contributed by atoms with Crippen LogP contribution in [-0.4, -0.2) is 30.7 Å². The molecule has 0 aromatic heterocycles. The normalized spacial score (nSPS) is 11.5. The van der Waals surface area contributed by atoms with Gasteiger partial charge in [0.2, 0.25) is 10.0 Å². The molecule has 0 spiro atoms. The zero-order chi connectivity index (χ0) is 19.2. The number of nitro benzene ring substituents is 1. The van der Waals surface area contributed by atoms with Crippen LogP contribution >= 0.6 is 0 Å². The van der Waals surface area contributed by atoms with Crippen LogP contribution < -0.4 is 5.48 Å². The van der Waals surface area contributed by atoms with Gasteiger partial charge in [0.05, 0.1) is 16.4 Å². The molecule has 0 radical (unpaired) electrons. The van der Waals surface area contributed by atoms with Gasteiger partial charge in [0.15, 0.2) is 0 Å². The molecule has 0 aliphatic carbocycles. The van der Waals surface area contributed by atoms with Crippen LogP contribution in [0.4, 0.5) is 11.4 Å². The molecule has 0 aliphatic heterocycles. The van der Waals surface area contributed by atoms with Crippen molar-refractivity contribution < 1.29 is 18.2 Å². The lowest BCUT2D eigenvalue weighted by Gasteiger charge is -2.18. The van der Waals surface area contributed by atoms with Crippen molar-refractivity contribution in [3.8, 4) is 0 Å². The average Bonchev–Trinajstić information content (AvgIpc) is 2.63. The molecule has 1 N–H and O–H groups in total. The van der Waals surface area contributed by atoms with Gasteiger partial charge in [-0.3, -0.25) is 20.4 Å². The number of sulfonamides is 1. The monoisotopic (exact) mass is 379 g/mol. The maximum atomic E-state index is 12.5. The van der Waals surface area contributed by atoms with Gasteiger partial charge in [0.25, 0.3) is 5.69 Å². The summed E-state index contributed by atoms with van der Waals surface area (Å²) < 4.78 is 26.3. The van der Waals surface area contributed by atoms with Crippen LogP contribution in [0, 0.1) is 10.1 Å². The number of rotatable bonds is 9. The first-order valence-electron chi connectivity index (χ1n) is 8.10. The van der Waals surface area contributed by atoms with Crippen molar-refractivity contribution in [3.63, 3.8) is 0 Å². The Morgan fingerprint density at radius 1 is 1.12 bits per heavy atom. The number of benzene rings is 2. The van der Waals surface area contributed by atoms with E-state index in [0.717, 1.165) is 11.6 Å². The van der Waals surface area contributed by atoms with E-state index in [2.05, 4.69) is 5.48 Å². The molecular formula is C17H21N3O5S. The van der Waals surface area contributed by atoms with Crippen molar-refractivity contribution >= 4 is 21.4 Å². The number of nitrogens with zero attached hydrogens (tertiary/aromatic N) is 2. The van der Waals surface area contributed by atoms with Crippen molar-refractivity contribution in [3.05, 3.63) is 64.2 Å². The predicted molar refractivity (Wildman–Crippen MR) is 98.1 cm³/mol. The summed E-state index contributed by atoms with van der Waals surface area (Å²) in [6, 6.07) is 13.0. The number of hydrogen-bond acceptors (Lipinski definition) is 6. The Balaban J connectivity index is 2.22. The van der Waals surface area contributed by atoms with Gasteiger partial charge < -0.3 is 0 Å². The van der Waals surface area contributed by atoms with Crippen LogP contribution in [0.25, 0.3) is 0 Å². The topological polar surface area (TPSA) is 102 Å². The third-order valence-corrected chi connectivity index (χ3v) is 5.82. The summed E-state index contributed by atoms with van der Waals surface area (Å²) in [6.45, 7) is 4.20. The van der Waals surface area contributed by atoms with Gasteiger partial charge in [-0.25, -0.2) is 8.42 Å². The smallest absolute Gasteiger partial charge is 0.271 e. The Hall–Kier alpha value is -2.49. The van der Waals surface area contributed by atoms with E-state index >= 15 is 0 Å². The minimum atomic E-state index is -3.78. The molecule has 2 aromatic rings. The fraction of sp³-hybridized carbons (Fsp3) is 0.294. The van der Waals surface area contributed by atoms with Gasteiger partial charge in [-0.1, -0.05) is 44.2 Å². The highest BCUT2D eigenvalue weighted by Gasteiger charge is 2.25. The Bertz CT molecular complexity index is 852. The molecule has 140 valence electrons. The molecule has 0 saturated heterocycles. The van der Waals surface area contributed by atoms with E-state index in [4.69, 9.17) is 4.84 Å². The minimum Gasteiger partial charge on any atom is -0.271 e. The average molecular weight is 379 g/mol. The molecule has 0 aliphatic rings. The summed E-state index contributed by atoms with van der Waals surface area (Å²) in [5.41, 5.74) is 3.14. The third-order valence-electron chi connectivity index (χ3n) is 3.77. The largest absolute Gasteiger partial charge is 0.295 e. The van der Waals surface area contributed by atoms with Crippen LogP contribution in [0.1, 0.15) is 19.4 Å². The molecule has 8 nitrogen and oxygen atoms in total. The van der Waals surface area contributed by atoms with E-state index in [1.807, 2.05) is 30.3 Å². The number of hydrogen-bond donors (Lipinski definition) is 1. The van der Waals surface area contributed by atoms with Crippen LogP contribution in [0.3, 0.4) is 0 Å². The highest BCUT2D eigenvalue weighted by atomic mass is 32.2. The standard InChI is InChI=1S/C17H21N3O5S/c1-3-19(4-2)26(23,24)15-10-11-16(17(12-15)20(21)22)18-25-13-14-8-6-5-7-9-14/h5-12,18H,3-4,13H2,1-2H3. The van der Waals surface area contributed by atoms with E-state index in [0.29, 0.717) is 0 Å². The molecule has 0 saturated carbocycles. The molecule has 26 heavy (non-hydrogen) atoms. The summed E-state index contributed by atoms with van der Waals surface area (Å²) in [6.07, 6.45) is 0. The molecule has 2 rings (SSSR count). The number of anilines is 1. The Labute approximate surface area is 152 Å². The van der Waals surface area contributed by atoms with E-state index in [9.17, 15) is 18.5 Å². The maximum absolute atomic E-state index is 12.5. The second-order valence-corrected chi connectivity index (χ2v) is 7.34. The highest BCUT2D eigenvalue weighted by Crippen LogP contribution is 2.29. The van der Waals surface area contributed by atoms with Crippen LogP contribution in [0.15, 0.2) is 53.4 Å². The van der Waals surface area contributed by atoms with Gasteiger partial charge in [0, 0.05) is 19.2 Å². The van der Waals surface area contributed by atoms with Gasteiger partial charge >= 0.3 is 0 Å². The Kier molecular flexibility index (Phi) is 6.67. The quantitative estimate of drug-likeness (QED) is 0.530. The molecule has 0 bridgehead atoms. The molecule has 0 fully saturated rings. The number of nitrogens with one attached hydrogen (secondary N) is 1. The number of nitro groups is 1. The first kappa shape index (κ1) is 19.8. The van der Waals surface area contributed by atoms with E-state index in [-0.39, 0.29) is 36.0 Å². The summed E-state index contributed by atoms with van der Waals surface area (Å²) in [7, 11) is -3.78. The van der Waals surface area contributed by atoms with Crippen molar-refractivity contribution in [2.45, 2.75) is 25.3 Å². The van der Waals surface area contributed by atoms with Gasteiger partial charge in [-0.05, 0) is 17.7 Å². The first-order chi connectivity index (χ1) is 12.4. The molecule has 0 amide bonds. The summed E-state index contributed by atoms with van der Waals surface area (Å²) in [4.78, 5) is 15.9. The van der Waals surface area contributed by atoms with E-state index in [1.54, 1.807) is 13.8 Å². The molecule has 0 heterocycles. The van der Waals surface area contributed by atoms with Crippen molar-refractivity contribution in [2.75, 3.05) is 18.6 Å². The fourth-order valence-corrected chi connectivity index (χ4v) is 3.87. The maximum Gasteiger partial charge on any atom is 0.295 e. The fourth-order valence-electron chi connectivity index (χ4n) is 2.39.